The van der Waals surface area contributed by atoms with Gasteiger partial charge in [-0.3, -0.25) is 9.36 Å². The van der Waals surface area contributed by atoms with Gasteiger partial charge in [-0.2, -0.15) is 0 Å². The number of fused-ring (bicyclic) bond motifs is 1. The number of hydrogen-bond acceptors (Lipinski definition) is 7. The van der Waals surface area contributed by atoms with Gasteiger partial charge in [-0.15, -0.1) is 0 Å². The van der Waals surface area contributed by atoms with Gasteiger partial charge >= 0.3 is 16.8 Å². The quantitative estimate of drug-likeness (QED) is 0.102. The average molecular weight is 516 g/mol. The summed E-state index contributed by atoms with van der Waals surface area (Å²) < 4.78 is 17.7. The number of methoxy groups -OCH3 is 2. The predicted molar refractivity (Wildman–Crippen MR) is 145 cm³/mol. The molecular formula is C29H25NO6S. The summed E-state index contributed by atoms with van der Waals surface area (Å²) in [7, 11) is 2.39. The number of carbonyl (C=O) groups is 2. The highest BCUT2D eigenvalue weighted by Crippen LogP contribution is 2.21. The molecule has 0 unspecified atom stereocenters. The molecule has 0 saturated heterocycles. The molecule has 1 aromatic heterocycles. The number of benzene rings is 3. The Bertz CT molecular complexity index is 1500. The second-order valence-electron chi connectivity index (χ2n) is 7.95. The lowest BCUT2D eigenvalue weighted by Gasteiger charge is -2.08. The minimum Gasteiger partial charge on any atom is -0.492 e. The maximum absolute atomic E-state index is 12.6. The Balaban J connectivity index is 1.41. The van der Waals surface area contributed by atoms with E-state index >= 15 is 0 Å². The van der Waals surface area contributed by atoms with Crippen LogP contribution in [0.4, 0.5) is 0 Å². The fourth-order valence-corrected chi connectivity index (χ4v) is 4.62. The first-order valence-corrected chi connectivity index (χ1v) is 12.3. The minimum atomic E-state index is -0.778. The molecule has 8 heteroatoms. The lowest BCUT2D eigenvalue weighted by molar-refractivity contribution is -0.143. The van der Waals surface area contributed by atoms with E-state index < -0.39 is 11.9 Å². The highest BCUT2D eigenvalue weighted by Gasteiger charge is 2.19. The second kappa shape index (κ2) is 12.0. The highest BCUT2D eigenvalue weighted by molar-refractivity contribution is 7.16. The molecule has 0 N–H and O–H groups in total. The SMILES string of the molecule is COC(=O)C(=Cc1ccc(OCCn2c(=O)sc3cc(C=Cc4ccccc4)ccc32)cc1)C(=O)OC. The van der Waals surface area contributed by atoms with Crippen molar-refractivity contribution in [3.05, 3.63) is 105 Å². The van der Waals surface area contributed by atoms with Crippen LogP contribution in [0.5, 0.6) is 5.75 Å². The minimum absolute atomic E-state index is 0.0403. The van der Waals surface area contributed by atoms with Crippen LogP contribution < -0.4 is 9.61 Å². The number of nitrogens with zero attached hydrogens (tertiary/aromatic N) is 1. The fourth-order valence-electron chi connectivity index (χ4n) is 3.66. The molecule has 0 fully saturated rings. The first-order valence-electron chi connectivity index (χ1n) is 11.5. The molecule has 3 aromatic carbocycles. The number of esters is 2. The van der Waals surface area contributed by atoms with E-state index in [4.69, 9.17) is 4.74 Å². The lowest BCUT2D eigenvalue weighted by atomic mass is 10.1. The Kier molecular flexibility index (Phi) is 8.33. The molecule has 4 aromatic rings. The van der Waals surface area contributed by atoms with E-state index in [2.05, 4.69) is 9.47 Å². The molecule has 4 rings (SSSR count). The van der Waals surface area contributed by atoms with Crippen LogP contribution >= 0.6 is 11.3 Å². The highest BCUT2D eigenvalue weighted by atomic mass is 32.1. The standard InChI is InChI=1S/C29H25NO6S/c1-34-27(31)24(28(32)35-2)18-21-10-13-23(14-11-21)36-17-16-30-25-15-12-22(19-26(25)37-29(30)33)9-8-20-6-4-3-5-7-20/h3-15,18-19H,16-17H2,1-2H3. The molecule has 7 nitrogen and oxygen atoms in total. The number of hydrogen-bond donors (Lipinski definition) is 0. The van der Waals surface area contributed by atoms with Gasteiger partial charge in [-0.25, -0.2) is 9.59 Å². The van der Waals surface area contributed by atoms with Crippen LogP contribution in [0, 0.1) is 0 Å². The lowest BCUT2D eigenvalue weighted by Crippen LogP contribution is -2.17. The largest absolute Gasteiger partial charge is 0.492 e. The van der Waals surface area contributed by atoms with E-state index in [-0.39, 0.29) is 10.4 Å². The number of ether oxygens (including phenoxy) is 3. The van der Waals surface area contributed by atoms with Crippen molar-refractivity contribution in [2.24, 2.45) is 0 Å². The van der Waals surface area contributed by atoms with Crippen LogP contribution in [-0.2, 0) is 25.6 Å². The van der Waals surface area contributed by atoms with Crippen LogP contribution in [0.2, 0.25) is 0 Å². The van der Waals surface area contributed by atoms with Crippen LogP contribution in [0.3, 0.4) is 0 Å². The molecule has 1 heterocycles. The molecule has 0 aliphatic heterocycles. The number of carbonyl (C=O) groups excluding carboxylic acids is 2. The van der Waals surface area contributed by atoms with Crippen molar-refractivity contribution in [3.8, 4) is 5.75 Å². The summed E-state index contributed by atoms with van der Waals surface area (Å²) in [6.45, 7) is 0.695. The summed E-state index contributed by atoms with van der Waals surface area (Å²) in [6.07, 6.45) is 5.47. The third kappa shape index (κ3) is 6.42. The molecule has 0 amide bonds. The normalized spacial score (nSPS) is 10.9. The van der Waals surface area contributed by atoms with Crippen LogP contribution in [0.1, 0.15) is 16.7 Å². The Hall–Kier alpha value is -4.43. The van der Waals surface area contributed by atoms with Gasteiger partial charge < -0.3 is 14.2 Å². The van der Waals surface area contributed by atoms with Crippen molar-refractivity contribution in [1.82, 2.24) is 4.57 Å². The van der Waals surface area contributed by atoms with Crippen molar-refractivity contribution in [1.29, 1.82) is 0 Å². The van der Waals surface area contributed by atoms with Crippen molar-refractivity contribution in [3.63, 3.8) is 0 Å². The first-order chi connectivity index (χ1) is 18.0. The summed E-state index contributed by atoms with van der Waals surface area (Å²) in [5.74, 6) is -0.962. The zero-order valence-electron chi connectivity index (χ0n) is 20.4. The van der Waals surface area contributed by atoms with Crippen molar-refractivity contribution in [2.75, 3.05) is 20.8 Å². The summed E-state index contributed by atoms with van der Waals surface area (Å²) in [4.78, 5) is 36.2. The third-order valence-corrected chi connectivity index (χ3v) is 6.49. The number of thiazole rings is 1. The maximum atomic E-state index is 12.6. The van der Waals surface area contributed by atoms with E-state index in [0.29, 0.717) is 24.5 Å². The molecule has 0 bridgehead atoms. The van der Waals surface area contributed by atoms with E-state index in [9.17, 15) is 14.4 Å². The van der Waals surface area contributed by atoms with Crippen LogP contribution in [-0.4, -0.2) is 37.3 Å². The Morgan fingerprint density at radius 3 is 2.16 bits per heavy atom. The molecule has 0 spiro atoms. The third-order valence-electron chi connectivity index (χ3n) is 5.55. The summed E-state index contributed by atoms with van der Waals surface area (Å²) in [5, 5.41) is 0. The zero-order chi connectivity index (χ0) is 26.2. The molecule has 0 aliphatic carbocycles. The fraction of sp³-hybridized carbons (Fsp3) is 0.138. The summed E-state index contributed by atoms with van der Waals surface area (Å²) >= 11 is 1.21. The Labute approximate surface area is 217 Å². The Morgan fingerprint density at radius 1 is 0.838 bits per heavy atom. The smallest absolute Gasteiger partial charge is 0.345 e. The van der Waals surface area contributed by atoms with Crippen molar-refractivity contribution >= 4 is 51.7 Å². The van der Waals surface area contributed by atoms with Gasteiger partial charge in [-0.05, 0) is 47.0 Å². The molecule has 0 atom stereocenters. The van der Waals surface area contributed by atoms with Crippen LogP contribution in [0.25, 0.3) is 28.4 Å². The molecule has 188 valence electrons. The maximum Gasteiger partial charge on any atom is 0.345 e. The van der Waals surface area contributed by atoms with E-state index in [1.807, 2.05) is 60.7 Å². The monoisotopic (exact) mass is 515 g/mol. The van der Waals surface area contributed by atoms with E-state index in [1.165, 1.54) is 31.6 Å². The molecule has 0 saturated carbocycles. The first kappa shape index (κ1) is 25.7. The van der Waals surface area contributed by atoms with Gasteiger partial charge in [0, 0.05) is 0 Å². The van der Waals surface area contributed by atoms with Crippen molar-refractivity contribution in [2.45, 2.75) is 6.54 Å². The van der Waals surface area contributed by atoms with Gasteiger partial charge in [0.25, 0.3) is 0 Å². The topological polar surface area (TPSA) is 83.8 Å². The molecule has 0 radical (unpaired) electrons. The van der Waals surface area contributed by atoms with Gasteiger partial charge in [0.1, 0.15) is 17.9 Å². The van der Waals surface area contributed by atoms with Crippen LogP contribution in [0.15, 0.2) is 83.2 Å². The molecular weight excluding hydrogens is 490 g/mol. The summed E-state index contributed by atoms with van der Waals surface area (Å²) in [6, 6.07) is 22.9. The molecule has 0 aliphatic rings. The Morgan fingerprint density at radius 2 is 1.49 bits per heavy atom. The van der Waals surface area contributed by atoms with Gasteiger partial charge in [0.05, 0.1) is 31.0 Å². The van der Waals surface area contributed by atoms with E-state index in [0.717, 1.165) is 21.3 Å². The number of aromatic nitrogens is 1. The van der Waals surface area contributed by atoms with Gasteiger partial charge in [-0.1, -0.05) is 72.0 Å². The molecule has 37 heavy (non-hydrogen) atoms. The summed E-state index contributed by atoms with van der Waals surface area (Å²) in [5.41, 5.74) is 3.41. The predicted octanol–water partition coefficient (Wildman–Crippen LogP) is 5.04. The second-order valence-corrected chi connectivity index (χ2v) is 8.94. The van der Waals surface area contributed by atoms with Crippen molar-refractivity contribution < 1.29 is 23.8 Å². The van der Waals surface area contributed by atoms with E-state index in [1.54, 1.807) is 28.8 Å². The zero-order valence-corrected chi connectivity index (χ0v) is 21.2. The number of rotatable bonds is 9. The average Bonchev–Trinajstić information content (AvgIpc) is 3.25. The van der Waals surface area contributed by atoms with Gasteiger partial charge in [0.15, 0.2) is 0 Å². The van der Waals surface area contributed by atoms with Gasteiger partial charge in [0.2, 0.25) is 0 Å².